The Bertz CT molecular complexity index is 1220. The molecule has 0 aromatic carbocycles. The molecule has 0 bridgehead atoms. The first-order valence-electron chi connectivity index (χ1n) is 11.3. The summed E-state index contributed by atoms with van der Waals surface area (Å²) in [4.78, 5) is 41.9. The van der Waals surface area contributed by atoms with Crippen LogP contribution in [-0.4, -0.2) is 86.1 Å². The molecule has 15 nitrogen and oxygen atoms in total. The van der Waals surface area contributed by atoms with Crippen LogP contribution < -0.4 is 21.1 Å². The fourth-order valence-corrected chi connectivity index (χ4v) is 3.24. The summed E-state index contributed by atoms with van der Waals surface area (Å²) < 4.78 is 45.3. The summed E-state index contributed by atoms with van der Waals surface area (Å²) in [7, 11) is 0. The summed E-state index contributed by atoms with van der Waals surface area (Å²) in [6.07, 6.45) is -3.81. The van der Waals surface area contributed by atoms with E-state index in [9.17, 15) is 32.7 Å². The Morgan fingerprint density at radius 2 is 1.77 bits per heavy atom. The van der Waals surface area contributed by atoms with E-state index in [1.54, 1.807) is 0 Å². The van der Waals surface area contributed by atoms with E-state index in [0.29, 0.717) is 13.2 Å². The van der Waals surface area contributed by atoms with Gasteiger partial charge >= 0.3 is 18.1 Å². The summed E-state index contributed by atoms with van der Waals surface area (Å²) in [6, 6.07) is 3.09. The minimum atomic E-state index is -4.54. The van der Waals surface area contributed by atoms with Gasteiger partial charge in [0, 0.05) is 18.8 Å². The van der Waals surface area contributed by atoms with Crippen LogP contribution in [0, 0.1) is 11.3 Å². The molecule has 216 valence electrons. The number of hydrogen-bond donors (Lipinski definition) is 6. The number of morpholine rings is 1. The fraction of sp³-hybridized carbons (Fsp3) is 0.409. The van der Waals surface area contributed by atoms with Crippen LogP contribution in [0.4, 0.5) is 30.5 Å². The number of carbonyl (C=O) groups is 3. The van der Waals surface area contributed by atoms with Gasteiger partial charge in [0.2, 0.25) is 0 Å². The van der Waals surface area contributed by atoms with E-state index in [-0.39, 0.29) is 35.7 Å². The minimum absolute atomic E-state index is 0.101. The van der Waals surface area contributed by atoms with Gasteiger partial charge < -0.3 is 45.9 Å². The fourth-order valence-electron chi connectivity index (χ4n) is 3.24. The summed E-state index contributed by atoms with van der Waals surface area (Å²) in [5.41, 5.74) is -3.68. The number of carbonyl (C=O) groups excluding carboxylic acids is 1. The molecule has 1 fully saturated rings. The molecule has 1 saturated heterocycles. The van der Waals surface area contributed by atoms with Crippen molar-refractivity contribution in [2.75, 3.05) is 36.9 Å². The lowest BCUT2D eigenvalue weighted by Crippen LogP contribution is -2.90. The highest BCUT2D eigenvalue weighted by Gasteiger charge is 2.35. The standard InChI is InChI=1S/C16H16F3N7O.C6H8O7/c17-16(18,19)12-8-25-14(26-15-9-22-10(4-20)5-24-15)3-13(12)23-7-11-6-21-1-2-27-11;7-3(8)1-6(13,5(11)12)2-4(9)10/h3,5,8-9,11,21H,1-2,6-7H2,(H2,23,24,25,26);13H,1-2H2,(H,7,8)(H,9,10)(H,11,12)/t11-;/m0./s1. The lowest BCUT2D eigenvalue weighted by Gasteiger charge is -2.25. The molecule has 0 unspecified atom stereocenters. The molecule has 1 aliphatic heterocycles. The molecular weight excluding hydrogens is 547 g/mol. The number of nitrogens with two attached hydrogens (primary N) is 1. The summed E-state index contributed by atoms with van der Waals surface area (Å²) >= 11 is 0. The van der Waals surface area contributed by atoms with Crippen molar-refractivity contribution in [3.8, 4) is 6.07 Å². The normalized spacial score (nSPS) is 15.1. The number of aliphatic hydroxyl groups is 1. The largest absolute Gasteiger partial charge is 0.547 e. The molecular formula is C22H24F3N7O8. The Morgan fingerprint density at radius 3 is 2.25 bits per heavy atom. The molecule has 0 radical (unpaired) electrons. The predicted octanol–water partition coefficient (Wildman–Crippen LogP) is -1.70. The van der Waals surface area contributed by atoms with E-state index < -0.39 is 48.1 Å². The number of halogens is 3. The zero-order valence-corrected chi connectivity index (χ0v) is 20.5. The summed E-state index contributed by atoms with van der Waals surface area (Å²) in [5, 5.41) is 51.9. The highest BCUT2D eigenvalue weighted by molar-refractivity contribution is 5.86. The molecule has 0 amide bonds. The number of alkyl halides is 3. The first-order valence-corrected chi connectivity index (χ1v) is 11.3. The van der Waals surface area contributed by atoms with E-state index in [4.69, 9.17) is 25.3 Å². The van der Waals surface area contributed by atoms with Crippen LogP contribution in [0.1, 0.15) is 24.1 Å². The maximum Gasteiger partial charge on any atom is 0.419 e. The number of hydrogen-bond acceptors (Lipinski definition) is 12. The van der Waals surface area contributed by atoms with Crippen molar-refractivity contribution in [2.45, 2.75) is 30.7 Å². The number of aromatic nitrogens is 3. The Balaban J connectivity index is 0.000000366. The first kappa shape index (κ1) is 31.6. The number of aliphatic carboxylic acids is 3. The molecule has 0 saturated carbocycles. The molecule has 7 N–H and O–H groups in total. The van der Waals surface area contributed by atoms with Gasteiger partial charge in [-0.05, 0) is 0 Å². The third kappa shape index (κ3) is 9.94. The zero-order valence-electron chi connectivity index (χ0n) is 20.5. The molecule has 40 heavy (non-hydrogen) atoms. The van der Waals surface area contributed by atoms with Gasteiger partial charge in [-0.15, -0.1) is 0 Å². The zero-order chi connectivity index (χ0) is 29.9. The van der Waals surface area contributed by atoms with Crippen LogP contribution in [0.2, 0.25) is 0 Å². The van der Waals surface area contributed by atoms with E-state index in [2.05, 4.69) is 30.9 Å². The van der Waals surface area contributed by atoms with Crippen molar-refractivity contribution < 1.29 is 58.0 Å². The molecule has 1 atom stereocenters. The van der Waals surface area contributed by atoms with Crippen molar-refractivity contribution >= 4 is 35.2 Å². The average molecular weight is 571 g/mol. The van der Waals surface area contributed by atoms with Crippen LogP contribution in [0.25, 0.3) is 0 Å². The van der Waals surface area contributed by atoms with Gasteiger partial charge in [0.25, 0.3) is 0 Å². The molecule has 1 aliphatic rings. The van der Waals surface area contributed by atoms with Crippen LogP contribution in [0.5, 0.6) is 0 Å². The second-order valence-corrected chi connectivity index (χ2v) is 8.28. The second-order valence-electron chi connectivity index (χ2n) is 8.28. The van der Waals surface area contributed by atoms with Crippen LogP contribution in [0.3, 0.4) is 0 Å². The number of rotatable bonds is 10. The maximum atomic E-state index is 13.3. The number of nitriles is 1. The SMILES string of the molecule is N#Cc1cnc(Nc2cc(NC[C@@H]3C[NH2+]CCO3)c(C(F)(F)F)cn2)cn1.O=C(O)CC(O)(CC(=O)O)C(=O)[O-]. The van der Waals surface area contributed by atoms with Crippen molar-refractivity contribution in [2.24, 2.45) is 0 Å². The van der Waals surface area contributed by atoms with Crippen molar-refractivity contribution in [1.82, 2.24) is 15.0 Å². The predicted molar refractivity (Wildman–Crippen MR) is 124 cm³/mol. The lowest BCUT2D eigenvalue weighted by molar-refractivity contribution is -0.676. The minimum Gasteiger partial charge on any atom is -0.547 e. The number of carboxylic acids is 3. The van der Waals surface area contributed by atoms with Gasteiger partial charge in [0.05, 0.1) is 55.6 Å². The third-order valence-electron chi connectivity index (χ3n) is 5.12. The van der Waals surface area contributed by atoms with Gasteiger partial charge in [0.15, 0.2) is 5.69 Å². The highest BCUT2D eigenvalue weighted by Crippen LogP contribution is 2.35. The molecule has 2 aromatic rings. The monoisotopic (exact) mass is 571 g/mol. The lowest BCUT2D eigenvalue weighted by atomic mass is 9.96. The second kappa shape index (κ2) is 14.0. The van der Waals surface area contributed by atoms with Gasteiger partial charge in [0.1, 0.15) is 36.0 Å². The Labute approximate surface area is 223 Å². The van der Waals surface area contributed by atoms with Crippen molar-refractivity contribution in [3.05, 3.63) is 35.9 Å². The van der Waals surface area contributed by atoms with E-state index in [1.807, 2.05) is 6.07 Å². The quantitative estimate of drug-likeness (QED) is 0.186. The first-order chi connectivity index (χ1) is 18.7. The number of nitrogens with zero attached hydrogens (tertiary/aromatic N) is 4. The Morgan fingerprint density at radius 1 is 1.12 bits per heavy atom. The van der Waals surface area contributed by atoms with E-state index >= 15 is 0 Å². The molecule has 18 heteroatoms. The molecule has 0 spiro atoms. The third-order valence-corrected chi connectivity index (χ3v) is 5.12. The number of ether oxygens (including phenoxy) is 1. The number of quaternary nitrogens is 1. The molecule has 3 rings (SSSR count). The maximum absolute atomic E-state index is 13.3. The summed E-state index contributed by atoms with van der Waals surface area (Å²) in [6.45, 7) is 2.35. The number of carboxylic acid groups (broad SMARTS) is 3. The van der Waals surface area contributed by atoms with Crippen LogP contribution >= 0.6 is 0 Å². The van der Waals surface area contributed by atoms with Gasteiger partial charge in [-0.2, -0.15) is 18.4 Å². The van der Waals surface area contributed by atoms with Gasteiger partial charge in [-0.25, -0.2) is 15.0 Å². The van der Waals surface area contributed by atoms with Gasteiger partial charge in [-0.3, -0.25) is 9.59 Å². The Hall–Kier alpha value is -4.60. The summed E-state index contributed by atoms with van der Waals surface area (Å²) in [5.74, 6) is -4.92. The smallest absolute Gasteiger partial charge is 0.419 e. The van der Waals surface area contributed by atoms with Crippen LogP contribution in [0.15, 0.2) is 24.7 Å². The van der Waals surface area contributed by atoms with E-state index in [0.717, 1.165) is 12.7 Å². The van der Waals surface area contributed by atoms with Crippen LogP contribution in [-0.2, 0) is 25.3 Å². The Kier molecular flexibility index (Phi) is 11.0. The molecule has 0 aliphatic carbocycles. The van der Waals surface area contributed by atoms with E-state index in [1.165, 1.54) is 18.5 Å². The topological polar surface area (TPSA) is 247 Å². The van der Waals surface area contributed by atoms with Gasteiger partial charge in [-0.1, -0.05) is 0 Å². The average Bonchev–Trinajstić information content (AvgIpc) is 2.87. The van der Waals surface area contributed by atoms with Crippen molar-refractivity contribution in [1.29, 1.82) is 5.26 Å². The molecule has 2 aromatic heterocycles. The number of pyridine rings is 1. The molecule has 3 heterocycles. The van der Waals surface area contributed by atoms with Crippen molar-refractivity contribution in [3.63, 3.8) is 0 Å². The highest BCUT2D eigenvalue weighted by atomic mass is 19.4. The number of nitrogens with one attached hydrogen (secondary N) is 2. The number of anilines is 3.